The number of amides is 1. The van der Waals surface area contributed by atoms with Gasteiger partial charge in [0, 0.05) is 32.2 Å². The number of hydrogen-bond donors (Lipinski definition) is 1. The molecular weight excluding hydrogens is 214 g/mol. The lowest BCUT2D eigenvalue weighted by atomic mass is 9.86. The van der Waals surface area contributed by atoms with Crippen LogP contribution in [0.5, 0.6) is 0 Å². The molecule has 98 valence electrons. The van der Waals surface area contributed by atoms with Gasteiger partial charge in [-0.15, -0.1) is 0 Å². The molecule has 1 unspecified atom stereocenters. The Hall–Kier alpha value is -0.610. The lowest BCUT2D eigenvalue weighted by molar-refractivity contribution is -0.136. The molecule has 17 heavy (non-hydrogen) atoms. The van der Waals surface area contributed by atoms with Crippen molar-refractivity contribution in [2.75, 3.05) is 26.2 Å². The first-order valence-corrected chi connectivity index (χ1v) is 6.68. The molecule has 0 aromatic rings. The first kappa shape index (κ1) is 12.8. The Bertz CT molecular complexity index is 286. The van der Waals surface area contributed by atoms with Crippen molar-refractivity contribution in [3.8, 4) is 0 Å². The molecule has 0 aromatic heterocycles. The van der Waals surface area contributed by atoms with Crippen LogP contribution >= 0.6 is 0 Å². The Morgan fingerprint density at radius 1 is 1.18 bits per heavy atom. The third-order valence-corrected chi connectivity index (χ3v) is 3.89. The van der Waals surface area contributed by atoms with Crippen LogP contribution in [0.2, 0.25) is 0 Å². The summed E-state index contributed by atoms with van der Waals surface area (Å²) in [6.07, 6.45) is 2.69. The van der Waals surface area contributed by atoms with E-state index in [0.29, 0.717) is 0 Å². The van der Waals surface area contributed by atoms with Crippen molar-refractivity contribution < 1.29 is 4.79 Å². The monoisotopic (exact) mass is 239 g/mol. The predicted molar refractivity (Wildman–Crippen MR) is 68.6 cm³/mol. The van der Waals surface area contributed by atoms with Crippen molar-refractivity contribution in [2.45, 2.75) is 45.7 Å². The van der Waals surface area contributed by atoms with Gasteiger partial charge in [-0.2, -0.15) is 0 Å². The second-order valence-corrected chi connectivity index (χ2v) is 6.44. The molecule has 1 amide bonds. The van der Waals surface area contributed by atoms with Gasteiger partial charge in [0.1, 0.15) is 0 Å². The van der Waals surface area contributed by atoms with E-state index in [1.165, 1.54) is 12.8 Å². The number of carbonyl (C=O) groups is 1. The maximum atomic E-state index is 12.2. The number of nitrogens with zero attached hydrogens (tertiary/aromatic N) is 2. The second-order valence-electron chi connectivity index (χ2n) is 6.44. The van der Waals surface area contributed by atoms with Gasteiger partial charge in [-0.05, 0) is 18.3 Å². The Morgan fingerprint density at radius 3 is 2.12 bits per heavy atom. The smallest absolute Gasteiger partial charge is 0.240 e. The molecule has 1 aliphatic heterocycles. The lowest BCUT2D eigenvalue weighted by Crippen LogP contribution is -2.56. The molecule has 1 heterocycles. The molecule has 2 fully saturated rings. The van der Waals surface area contributed by atoms with Crippen LogP contribution in [0.25, 0.3) is 0 Å². The van der Waals surface area contributed by atoms with Crippen molar-refractivity contribution >= 4 is 5.91 Å². The summed E-state index contributed by atoms with van der Waals surface area (Å²) < 4.78 is 0. The molecule has 4 heteroatoms. The van der Waals surface area contributed by atoms with Crippen molar-refractivity contribution in [3.63, 3.8) is 0 Å². The molecule has 4 nitrogen and oxygen atoms in total. The predicted octanol–water partition coefficient (Wildman–Crippen LogP) is 0.666. The van der Waals surface area contributed by atoms with Crippen molar-refractivity contribution in [3.05, 3.63) is 0 Å². The fourth-order valence-corrected chi connectivity index (χ4v) is 2.31. The second kappa shape index (κ2) is 4.58. The van der Waals surface area contributed by atoms with Crippen LogP contribution < -0.4 is 5.73 Å². The molecule has 0 radical (unpaired) electrons. The zero-order chi connectivity index (χ0) is 12.6. The number of carbonyl (C=O) groups excluding carboxylic acids is 1. The molecule has 2 aliphatic rings. The van der Waals surface area contributed by atoms with Crippen molar-refractivity contribution in [2.24, 2.45) is 11.1 Å². The van der Waals surface area contributed by atoms with Gasteiger partial charge >= 0.3 is 0 Å². The minimum Gasteiger partial charge on any atom is -0.339 e. The van der Waals surface area contributed by atoms with Gasteiger partial charge in [0.15, 0.2) is 0 Å². The van der Waals surface area contributed by atoms with Crippen molar-refractivity contribution in [1.29, 1.82) is 0 Å². The highest BCUT2D eigenvalue weighted by Crippen LogP contribution is 2.28. The number of hydrogen-bond acceptors (Lipinski definition) is 3. The average molecular weight is 239 g/mol. The fraction of sp³-hybridized carbons (Fsp3) is 0.923. The van der Waals surface area contributed by atoms with Gasteiger partial charge in [0.25, 0.3) is 0 Å². The first-order valence-electron chi connectivity index (χ1n) is 6.68. The molecule has 0 spiro atoms. The summed E-state index contributed by atoms with van der Waals surface area (Å²) in [5.74, 6) is 0.118. The van der Waals surface area contributed by atoms with Gasteiger partial charge in [0.05, 0.1) is 6.04 Å². The van der Waals surface area contributed by atoms with Crippen LogP contribution in [-0.4, -0.2) is 54.0 Å². The third kappa shape index (κ3) is 2.99. The van der Waals surface area contributed by atoms with Gasteiger partial charge in [-0.1, -0.05) is 20.8 Å². The largest absolute Gasteiger partial charge is 0.339 e. The lowest BCUT2D eigenvalue weighted by Gasteiger charge is -2.38. The summed E-state index contributed by atoms with van der Waals surface area (Å²) in [5, 5.41) is 0. The minimum absolute atomic E-state index is 0.118. The van der Waals surface area contributed by atoms with E-state index in [4.69, 9.17) is 5.73 Å². The zero-order valence-electron chi connectivity index (χ0n) is 11.3. The normalized spacial score (nSPS) is 24.8. The molecule has 2 N–H and O–H groups in total. The molecule has 1 atom stereocenters. The maximum Gasteiger partial charge on any atom is 0.240 e. The molecule has 0 aromatic carbocycles. The topological polar surface area (TPSA) is 49.6 Å². The highest BCUT2D eigenvalue weighted by atomic mass is 16.2. The van der Waals surface area contributed by atoms with Crippen LogP contribution in [0.15, 0.2) is 0 Å². The van der Waals surface area contributed by atoms with E-state index in [-0.39, 0.29) is 17.4 Å². The summed E-state index contributed by atoms with van der Waals surface area (Å²) in [5.41, 5.74) is 5.88. The summed E-state index contributed by atoms with van der Waals surface area (Å²) >= 11 is 0. The Morgan fingerprint density at radius 2 is 1.71 bits per heavy atom. The Kier molecular flexibility index (Phi) is 3.46. The third-order valence-electron chi connectivity index (χ3n) is 3.89. The molecule has 1 aliphatic carbocycles. The van der Waals surface area contributed by atoms with Crippen molar-refractivity contribution in [1.82, 2.24) is 9.80 Å². The van der Waals surface area contributed by atoms with Crippen LogP contribution in [0.4, 0.5) is 0 Å². The van der Waals surface area contributed by atoms with Gasteiger partial charge < -0.3 is 10.6 Å². The first-order chi connectivity index (χ1) is 7.89. The molecule has 0 bridgehead atoms. The molecule has 2 rings (SSSR count). The summed E-state index contributed by atoms with van der Waals surface area (Å²) in [6.45, 7) is 9.81. The zero-order valence-corrected chi connectivity index (χ0v) is 11.3. The highest BCUT2D eigenvalue weighted by molar-refractivity contribution is 5.82. The average Bonchev–Trinajstić information content (AvgIpc) is 3.10. The van der Waals surface area contributed by atoms with Gasteiger partial charge in [-0.3, -0.25) is 9.69 Å². The van der Waals surface area contributed by atoms with Gasteiger partial charge in [0.2, 0.25) is 5.91 Å². The van der Waals surface area contributed by atoms with Crippen LogP contribution in [0.3, 0.4) is 0 Å². The Labute approximate surface area is 104 Å². The van der Waals surface area contributed by atoms with Crippen LogP contribution in [0, 0.1) is 5.41 Å². The molecular formula is C13H25N3O. The van der Waals surface area contributed by atoms with Gasteiger partial charge in [-0.25, -0.2) is 0 Å². The number of nitrogens with two attached hydrogens (primary N) is 1. The SMILES string of the molecule is CC(C)(C)C(N)C(=O)N1CCN(C2CC2)CC1. The highest BCUT2D eigenvalue weighted by Gasteiger charge is 2.35. The Balaban J connectivity index is 1.85. The van der Waals surface area contributed by atoms with E-state index in [2.05, 4.69) is 4.90 Å². The van der Waals surface area contributed by atoms with E-state index < -0.39 is 0 Å². The van der Waals surface area contributed by atoms with Crippen LogP contribution in [0.1, 0.15) is 33.6 Å². The summed E-state index contributed by atoms with van der Waals surface area (Å²) in [6, 6.07) is 0.429. The standard InChI is InChI=1S/C13H25N3O/c1-13(2,3)11(14)12(17)16-8-6-15(7-9-16)10-4-5-10/h10-11H,4-9,14H2,1-3H3. The molecule has 1 saturated carbocycles. The van der Waals surface area contributed by atoms with E-state index in [9.17, 15) is 4.79 Å². The maximum absolute atomic E-state index is 12.2. The number of piperazine rings is 1. The van der Waals surface area contributed by atoms with E-state index in [1.54, 1.807) is 0 Å². The minimum atomic E-state index is -0.380. The summed E-state index contributed by atoms with van der Waals surface area (Å²) in [7, 11) is 0. The van der Waals surface area contributed by atoms with E-state index in [0.717, 1.165) is 32.2 Å². The van der Waals surface area contributed by atoms with E-state index in [1.807, 2.05) is 25.7 Å². The van der Waals surface area contributed by atoms with E-state index >= 15 is 0 Å². The fourth-order valence-electron chi connectivity index (χ4n) is 2.31. The number of rotatable bonds is 2. The molecule has 1 saturated heterocycles. The summed E-state index contributed by atoms with van der Waals surface area (Å²) in [4.78, 5) is 16.7. The van der Waals surface area contributed by atoms with Crippen LogP contribution in [-0.2, 0) is 4.79 Å². The quantitative estimate of drug-likeness (QED) is 0.770.